The molecule has 0 amide bonds. The van der Waals surface area contributed by atoms with E-state index in [-0.39, 0.29) is 0 Å². The maximum absolute atomic E-state index is 12.4. The van der Waals surface area contributed by atoms with Crippen LogP contribution in [-0.4, -0.2) is 49.8 Å². The fraction of sp³-hybridized carbons (Fsp3) is 0.467. The Morgan fingerprint density at radius 1 is 1.10 bits per heavy atom. The zero-order valence-electron chi connectivity index (χ0n) is 11.5. The lowest BCUT2D eigenvalue weighted by atomic mass is 10.2. The van der Waals surface area contributed by atoms with Crippen LogP contribution < -0.4 is 0 Å². The van der Waals surface area contributed by atoms with Crippen molar-refractivity contribution in [2.45, 2.75) is 18.9 Å². The maximum atomic E-state index is 12.4. The van der Waals surface area contributed by atoms with Gasteiger partial charge in [-0.1, -0.05) is 30.3 Å². The molecule has 5 heteroatoms. The summed E-state index contributed by atoms with van der Waals surface area (Å²) in [5.74, 6) is 0. The van der Waals surface area contributed by atoms with Gasteiger partial charge in [0.25, 0.3) is 0 Å². The molecule has 0 spiro atoms. The quantitative estimate of drug-likeness (QED) is 0.852. The molecule has 2 aliphatic heterocycles. The molecule has 2 heterocycles. The minimum absolute atomic E-state index is 0.420. The number of sulfonamides is 1. The number of rotatable bonds is 3. The maximum Gasteiger partial charge on any atom is 0.236 e. The minimum atomic E-state index is -3.29. The lowest BCUT2D eigenvalue weighted by molar-refractivity contribution is 0.159. The Morgan fingerprint density at radius 2 is 1.90 bits per heavy atom. The van der Waals surface area contributed by atoms with Crippen molar-refractivity contribution < 1.29 is 8.42 Å². The van der Waals surface area contributed by atoms with Crippen molar-refractivity contribution in [1.82, 2.24) is 9.21 Å². The highest BCUT2D eigenvalue weighted by Crippen LogP contribution is 2.23. The van der Waals surface area contributed by atoms with Crippen molar-refractivity contribution in [3.8, 4) is 0 Å². The summed E-state index contributed by atoms with van der Waals surface area (Å²) >= 11 is 0. The lowest BCUT2D eigenvalue weighted by Crippen LogP contribution is -2.51. The molecule has 20 heavy (non-hydrogen) atoms. The van der Waals surface area contributed by atoms with Crippen molar-refractivity contribution in [3.63, 3.8) is 0 Å². The first kappa shape index (κ1) is 13.8. The molecule has 4 nitrogen and oxygen atoms in total. The topological polar surface area (TPSA) is 40.6 Å². The molecule has 1 aromatic carbocycles. The number of nitrogens with zero attached hydrogens (tertiary/aromatic N) is 2. The van der Waals surface area contributed by atoms with Crippen LogP contribution in [0.3, 0.4) is 0 Å². The first-order chi connectivity index (χ1) is 9.65. The molecular formula is C15H20N2O2S. The summed E-state index contributed by atoms with van der Waals surface area (Å²) in [5, 5.41) is 1.34. The molecule has 0 radical (unpaired) electrons. The fourth-order valence-electron chi connectivity index (χ4n) is 3.01. The van der Waals surface area contributed by atoms with Crippen LogP contribution in [0.4, 0.5) is 0 Å². The van der Waals surface area contributed by atoms with E-state index in [0.29, 0.717) is 19.1 Å². The molecule has 1 atom stereocenters. The SMILES string of the molecule is O=S(=O)(/C=C\c1ccccc1)N1CCN2CCC[C@@H]2C1. The van der Waals surface area contributed by atoms with E-state index in [4.69, 9.17) is 0 Å². The van der Waals surface area contributed by atoms with Gasteiger partial charge in [0.15, 0.2) is 0 Å². The van der Waals surface area contributed by atoms with Crippen LogP contribution in [0.1, 0.15) is 18.4 Å². The van der Waals surface area contributed by atoms with Crippen LogP contribution in [0.25, 0.3) is 6.08 Å². The Bertz CT molecular complexity index is 583. The van der Waals surface area contributed by atoms with Crippen LogP contribution >= 0.6 is 0 Å². The van der Waals surface area contributed by atoms with Gasteiger partial charge in [-0.2, -0.15) is 4.31 Å². The van der Waals surface area contributed by atoms with E-state index < -0.39 is 10.0 Å². The van der Waals surface area contributed by atoms with Crippen molar-refractivity contribution >= 4 is 16.1 Å². The van der Waals surface area contributed by atoms with E-state index in [1.165, 1.54) is 11.8 Å². The standard InChI is InChI=1S/C15H20N2O2S/c18-20(19,12-8-14-5-2-1-3-6-14)17-11-10-16-9-4-7-15(16)13-17/h1-3,5-6,8,12,15H,4,7,9-11,13H2/b12-8-/t15-/m1/s1. The monoisotopic (exact) mass is 292 g/mol. The van der Waals surface area contributed by atoms with Crippen molar-refractivity contribution in [3.05, 3.63) is 41.3 Å². The van der Waals surface area contributed by atoms with Gasteiger partial charge in [0.2, 0.25) is 10.0 Å². The van der Waals surface area contributed by atoms with Gasteiger partial charge in [0.05, 0.1) is 0 Å². The predicted molar refractivity (Wildman–Crippen MR) is 80.6 cm³/mol. The molecule has 0 aliphatic carbocycles. The lowest BCUT2D eigenvalue weighted by Gasteiger charge is -2.36. The molecular weight excluding hydrogens is 272 g/mol. The Kier molecular flexibility index (Phi) is 3.92. The summed E-state index contributed by atoms with van der Waals surface area (Å²) in [6.07, 6.45) is 3.99. The molecule has 1 aromatic rings. The zero-order chi connectivity index (χ0) is 14.0. The number of fused-ring (bicyclic) bond motifs is 1. The predicted octanol–water partition coefficient (Wildman–Crippen LogP) is 1.77. The summed E-state index contributed by atoms with van der Waals surface area (Å²) in [6, 6.07) is 9.96. The molecule has 2 fully saturated rings. The molecule has 2 aliphatic rings. The van der Waals surface area contributed by atoms with Gasteiger partial charge < -0.3 is 0 Å². The highest BCUT2D eigenvalue weighted by Gasteiger charge is 2.34. The summed E-state index contributed by atoms with van der Waals surface area (Å²) in [6.45, 7) is 3.24. The fourth-order valence-corrected chi connectivity index (χ4v) is 4.23. The average molecular weight is 292 g/mol. The van der Waals surface area contributed by atoms with E-state index in [2.05, 4.69) is 4.90 Å². The van der Waals surface area contributed by atoms with Gasteiger partial charge in [-0.3, -0.25) is 4.90 Å². The van der Waals surface area contributed by atoms with Crippen molar-refractivity contribution in [2.75, 3.05) is 26.2 Å². The number of benzene rings is 1. The summed E-state index contributed by atoms with van der Waals surface area (Å²) in [5.41, 5.74) is 0.913. The Balaban J connectivity index is 1.70. The second-order valence-electron chi connectivity index (χ2n) is 5.45. The van der Waals surface area contributed by atoms with E-state index in [0.717, 1.165) is 25.1 Å². The third-order valence-electron chi connectivity index (χ3n) is 4.14. The molecule has 0 aromatic heterocycles. The highest BCUT2D eigenvalue weighted by molar-refractivity contribution is 7.92. The normalized spacial score (nSPS) is 25.1. The third kappa shape index (κ3) is 2.95. The van der Waals surface area contributed by atoms with Gasteiger partial charge in [-0.15, -0.1) is 0 Å². The van der Waals surface area contributed by atoms with Crippen LogP contribution in [0.5, 0.6) is 0 Å². The number of piperazine rings is 1. The Labute approximate surface area is 120 Å². The number of hydrogen-bond acceptors (Lipinski definition) is 3. The van der Waals surface area contributed by atoms with E-state index in [9.17, 15) is 8.42 Å². The van der Waals surface area contributed by atoms with Gasteiger partial charge >= 0.3 is 0 Å². The molecule has 0 unspecified atom stereocenters. The first-order valence-electron chi connectivity index (χ1n) is 7.12. The molecule has 0 saturated carbocycles. The largest absolute Gasteiger partial charge is 0.298 e. The Hall–Kier alpha value is -1.17. The molecule has 0 bridgehead atoms. The van der Waals surface area contributed by atoms with Crippen LogP contribution in [0.15, 0.2) is 35.7 Å². The van der Waals surface area contributed by atoms with Gasteiger partial charge in [0, 0.05) is 31.1 Å². The van der Waals surface area contributed by atoms with Crippen LogP contribution in [0.2, 0.25) is 0 Å². The van der Waals surface area contributed by atoms with Crippen LogP contribution in [0, 0.1) is 0 Å². The molecule has 3 rings (SSSR count). The molecule has 2 saturated heterocycles. The van der Waals surface area contributed by atoms with Crippen molar-refractivity contribution in [2.24, 2.45) is 0 Å². The van der Waals surface area contributed by atoms with Crippen molar-refractivity contribution in [1.29, 1.82) is 0 Å². The van der Waals surface area contributed by atoms with E-state index in [1.54, 1.807) is 10.4 Å². The van der Waals surface area contributed by atoms with Gasteiger partial charge in [-0.25, -0.2) is 8.42 Å². The summed E-state index contributed by atoms with van der Waals surface area (Å²) < 4.78 is 26.4. The molecule has 108 valence electrons. The second kappa shape index (κ2) is 5.68. The van der Waals surface area contributed by atoms with E-state index in [1.807, 2.05) is 30.3 Å². The average Bonchev–Trinajstić information content (AvgIpc) is 2.94. The number of hydrogen-bond donors (Lipinski definition) is 0. The van der Waals surface area contributed by atoms with E-state index >= 15 is 0 Å². The minimum Gasteiger partial charge on any atom is -0.298 e. The smallest absolute Gasteiger partial charge is 0.236 e. The third-order valence-corrected chi connectivity index (χ3v) is 5.67. The highest BCUT2D eigenvalue weighted by atomic mass is 32.2. The summed E-state index contributed by atoms with van der Waals surface area (Å²) in [7, 11) is -3.29. The zero-order valence-corrected chi connectivity index (χ0v) is 12.3. The van der Waals surface area contributed by atoms with Gasteiger partial charge in [0.1, 0.15) is 0 Å². The Morgan fingerprint density at radius 3 is 2.70 bits per heavy atom. The van der Waals surface area contributed by atoms with Crippen LogP contribution in [-0.2, 0) is 10.0 Å². The summed E-state index contributed by atoms with van der Waals surface area (Å²) in [4.78, 5) is 2.41. The first-order valence-corrected chi connectivity index (χ1v) is 8.63. The molecule has 0 N–H and O–H groups in total. The van der Waals surface area contributed by atoms with Gasteiger partial charge in [-0.05, 0) is 31.0 Å². The second-order valence-corrected chi connectivity index (χ2v) is 7.27.